The summed E-state index contributed by atoms with van der Waals surface area (Å²) in [6.45, 7) is 20.0. The van der Waals surface area contributed by atoms with Crippen LogP contribution in [0.4, 0.5) is 0 Å². The highest BCUT2D eigenvalue weighted by atomic mass is 127. The molecule has 1 aromatic carbocycles. The topological polar surface area (TPSA) is 9.23 Å². The lowest BCUT2D eigenvalue weighted by Gasteiger charge is -2.35. The van der Waals surface area contributed by atoms with Gasteiger partial charge in [0.1, 0.15) is 15.0 Å². The van der Waals surface area contributed by atoms with Crippen molar-refractivity contribution in [3.05, 3.63) is 34.9 Å². The maximum atomic E-state index is 6.05. The first-order chi connectivity index (χ1) is 10.7. The Kier molecular flexibility index (Phi) is 7.52. The Morgan fingerprint density at radius 3 is 2.00 bits per heavy atom. The fourth-order valence-electron chi connectivity index (χ4n) is 3.64. The molecule has 0 unspecified atom stereocenters. The third-order valence-electron chi connectivity index (χ3n) is 5.31. The molecule has 0 heterocycles. The molecule has 3 heteroatoms. The van der Waals surface area contributed by atoms with Gasteiger partial charge in [-0.1, -0.05) is 60.3 Å². The molecular formula is C20H31IOS. The molecule has 0 bridgehead atoms. The summed E-state index contributed by atoms with van der Waals surface area (Å²) in [5, 5.41) is 0. The van der Waals surface area contributed by atoms with Crippen LogP contribution < -0.4 is 4.18 Å². The lowest BCUT2D eigenvalue weighted by atomic mass is 9.70. The van der Waals surface area contributed by atoms with Gasteiger partial charge in [-0.15, -0.1) is 0 Å². The minimum Gasteiger partial charge on any atom is -0.414 e. The van der Waals surface area contributed by atoms with Crippen LogP contribution in [0.1, 0.15) is 83.1 Å². The Morgan fingerprint density at radius 1 is 1.13 bits per heavy atom. The fourth-order valence-corrected chi connectivity index (χ4v) is 4.42. The van der Waals surface area contributed by atoms with E-state index < -0.39 is 0 Å². The summed E-state index contributed by atoms with van der Waals surface area (Å²) in [7, 11) is 1.39. The van der Waals surface area contributed by atoms with Crippen molar-refractivity contribution in [3.63, 3.8) is 0 Å². The number of hydrogen-bond donors (Lipinski definition) is 0. The van der Waals surface area contributed by atoms with Crippen LogP contribution in [-0.2, 0) is 10.8 Å². The predicted molar refractivity (Wildman–Crippen MR) is 115 cm³/mol. The zero-order valence-corrected chi connectivity index (χ0v) is 18.7. The molecule has 0 saturated carbocycles. The minimum absolute atomic E-state index is 0.105. The molecule has 1 aromatic rings. The lowest BCUT2D eigenvalue weighted by molar-refractivity contribution is 0.372. The first-order valence-corrected chi connectivity index (χ1v) is 11.8. The molecule has 0 atom stereocenters. The molecular weight excluding hydrogens is 415 g/mol. The average molecular weight is 446 g/mol. The Morgan fingerprint density at radius 2 is 1.65 bits per heavy atom. The zero-order valence-electron chi connectivity index (χ0n) is 15.7. The molecule has 1 rings (SSSR count). The van der Waals surface area contributed by atoms with E-state index in [0.717, 1.165) is 30.6 Å². The van der Waals surface area contributed by atoms with Crippen LogP contribution in [-0.4, -0.2) is 0 Å². The smallest absolute Gasteiger partial charge is 0.149 e. The van der Waals surface area contributed by atoms with E-state index in [4.69, 9.17) is 4.18 Å². The van der Waals surface area contributed by atoms with Crippen molar-refractivity contribution in [2.45, 2.75) is 78.6 Å². The van der Waals surface area contributed by atoms with Gasteiger partial charge in [-0.2, -0.15) is 0 Å². The van der Waals surface area contributed by atoms with Crippen LogP contribution in [0, 0.1) is 6.92 Å². The maximum Gasteiger partial charge on any atom is 0.149 e. The maximum absolute atomic E-state index is 6.05. The van der Waals surface area contributed by atoms with Gasteiger partial charge in [0.15, 0.2) is 0 Å². The van der Waals surface area contributed by atoms with Crippen molar-refractivity contribution in [2.24, 2.45) is 0 Å². The molecule has 130 valence electrons. The van der Waals surface area contributed by atoms with Crippen LogP contribution in [0.3, 0.4) is 0 Å². The van der Waals surface area contributed by atoms with Gasteiger partial charge >= 0.3 is 0 Å². The van der Waals surface area contributed by atoms with Gasteiger partial charge in [0, 0.05) is 32.3 Å². The molecule has 0 aliphatic heterocycles. The summed E-state index contributed by atoms with van der Waals surface area (Å²) in [4.78, 5) is 0. The van der Waals surface area contributed by atoms with Crippen LogP contribution in [0.5, 0.6) is 5.75 Å². The summed E-state index contributed by atoms with van der Waals surface area (Å²) in [6, 6.07) is 2.40. The van der Waals surface area contributed by atoms with Crippen LogP contribution in [0.15, 0.2) is 12.6 Å². The molecule has 0 aromatic heterocycles. The Labute approximate surface area is 159 Å². The molecule has 0 aliphatic rings. The zero-order chi connectivity index (χ0) is 17.8. The van der Waals surface area contributed by atoms with Crippen molar-refractivity contribution < 1.29 is 4.18 Å². The molecule has 23 heavy (non-hydrogen) atoms. The van der Waals surface area contributed by atoms with Gasteiger partial charge in [0.25, 0.3) is 0 Å². The standard InChI is InChI=1S/C20H31IOS/c1-9-15-14(5)16(19(6,7)8)13-17(18(15)22-23-21)20(10-2,11-3)12-4/h9,13H,1,10-12H2,2-8H3. The molecule has 0 aliphatic carbocycles. The van der Waals surface area contributed by atoms with E-state index in [0.29, 0.717) is 0 Å². The Balaban J connectivity index is 3.88. The van der Waals surface area contributed by atoms with E-state index in [1.165, 1.54) is 25.9 Å². The molecule has 0 N–H and O–H groups in total. The van der Waals surface area contributed by atoms with Crippen molar-refractivity contribution in [1.82, 2.24) is 0 Å². The van der Waals surface area contributed by atoms with Gasteiger partial charge in [-0.25, -0.2) is 0 Å². The highest BCUT2D eigenvalue weighted by molar-refractivity contribution is 14.2. The summed E-state index contributed by atoms with van der Waals surface area (Å²) < 4.78 is 6.05. The second kappa shape index (κ2) is 8.28. The molecule has 1 nitrogen and oxygen atoms in total. The van der Waals surface area contributed by atoms with Gasteiger partial charge in [0.05, 0.1) is 0 Å². The quantitative estimate of drug-likeness (QED) is 0.312. The molecule has 0 amide bonds. The van der Waals surface area contributed by atoms with Gasteiger partial charge in [-0.05, 0) is 48.1 Å². The highest BCUT2D eigenvalue weighted by Crippen LogP contribution is 2.47. The SMILES string of the molecule is C=Cc1c(C)c(C(C)(C)C)cc(C(CC)(CC)CC)c1OSI. The van der Waals surface area contributed by atoms with Crippen molar-refractivity contribution >= 4 is 36.5 Å². The average Bonchev–Trinajstić information content (AvgIpc) is 2.50. The highest BCUT2D eigenvalue weighted by Gasteiger charge is 2.33. The summed E-state index contributed by atoms with van der Waals surface area (Å²) >= 11 is 2.20. The lowest BCUT2D eigenvalue weighted by Crippen LogP contribution is -2.26. The second-order valence-corrected chi connectivity index (χ2v) is 8.65. The number of hydrogen-bond acceptors (Lipinski definition) is 2. The van der Waals surface area contributed by atoms with Crippen molar-refractivity contribution in [1.29, 1.82) is 0 Å². The molecule has 0 fully saturated rings. The number of halogens is 1. The summed E-state index contributed by atoms with van der Waals surface area (Å²) in [6.07, 6.45) is 5.31. The summed E-state index contributed by atoms with van der Waals surface area (Å²) in [5.41, 5.74) is 5.44. The molecule has 0 spiro atoms. The largest absolute Gasteiger partial charge is 0.414 e. The van der Waals surface area contributed by atoms with E-state index in [-0.39, 0.29) is 10.8 Å². The van der Waals surface area contributed by atoms with E-state index >= 15 is 0 Å². The Bertz CT molecular complexity index is 545. The van der Waals surface area contributed by atoms with E-state index in [1.54, 1.807) is 0 Å². The van der Waals surface area contributed by atoms with E-state index in [1.807, 2.05) is 6.08 Å². The monoisotopic (exact) mass is 446 g/mol. The van der Waals surface area contributed by atoms with Crippen LogP contribution in [0.2, 0.25) is 0 Å². The van der Waals surface area contributed by atoms with Gasteiger partial charge in [-0.3, -0.25) is 0 Å². The fraction of sp³-hybridized carbons (Fsp3) is 0.600. The third kappa shape index (κ3) is 4.09. The minimum atomic E-state index is 0.105. The normalized spacial score (nSPS) is 12.3. The van der Waals surface area contributed by atoms with Gasteiger partial charge < -0.3 is 4.18 Å². The molecule has 0 saturated heterocycles. The molecule has 0 radical (unpaired) electrons. The van der Waals surface area contributed by atoms with E-state index in [2.05, 4.69) is 82.3 Å². The first kappa shape index (κ1) is 20.9. The first-order valence-electron chi connectivity index (χ1n) is 8.48. The summed E-state index contributed by atoms with van der Waals surface area (Å²) in [5.74, 6) is 1.01. The second-order valence-electron chi connectivity index (χ2n) is 7.28. The van der Waals surface area contributed by atoms with Gasteiger partial charge in [0.2, 0.25) is 0 Å². The number of benzene rings is 1. The number of rotatable bonds is 7. The van der Waals surface area contributed by atoms with Crippen molar-refractivity contribution in [3.8, 4) is 5.75 Å². The predicted octanol–water partition coefficient (Wildman–Crippen LogP) is 7.78. The van der Waals surface area contributed by atoms with Crippen LogP contribution >= 0.6 is 30.4 Å². The third-order valence-corrected chi connectivity index (χ3v) is 6.08. The van der Waals surface area contributed by atoms with E-state index in [9.17, 15) is 0 Å². The van der Waals surface area contributed by atoms with Crippen molar-refractivity contribution in [2.75, 3.05) is 0 Å². The van der Waals surface area contributed by atoms with Crippen LogP contribution in [0.25, 0.3) is 6.08 Å². The Hall–Kier alpha value is -0.160.